The van der Waals surface area contributed by atoms with Crippen molar-refractivity contribution in [3.63, 3.8) is 0 Å². The fraction of sp³-hybridized carbons (Fsp3) is 0.300. The molecule has 0 aliphatic carbocycles. The third-order valence-corrected chi connectivity index (χ3v) is 2.01. The van der Waals surface area contributed by atoms with Crippen LogP contribution in [0.25, 0.3) is 0 Å². The van der Waals surface area contributed by atoms with Crippen molar-refractivity contribution in [2.24, 2.45) is 0 Å². The summed E-state index contributed by atoms with van der Waals surface area (Å²) >= 11 is 0. The Balaban J connectivity index is 3.52. The lowest BCUT2D eigenvalue weighted by Crippen LogP contribution is -2.09. The van der Waals surface area contributed by atoms with Gasteiger partial charge in [0.05, 0.1) is 27.0 Å². The summed E-state index contributed by atoms with van der Waals surface area (Å²) in [5.74, 6) is -1.65. The topological polar surface area (TPSA) is 70.8 Å². The smallest absolute Gasteiger partial charge is 0.344 e. The molecule has 5 nitrogen and oxygen atoms in total. The predicted molar refractivity (Wildman–Crippen MR) is 55.3 cm³/mol. The Hall–Kier alpha value is -1.98. The number of halogens is 1. The van der Waals surface area contributed by atoms with E-state index in [1.807, 2.05) is 0 Å². The summed E-state index contributed by atoms with van der Waals surface area (Å²) < 4.78 is 27.8. The lowest BCUT2D eigenvalue weighted by Gasteiger charge is -2.14. The zero-order chi connectivity index (χ0) is 12.3. The van der Waals surface area contributed by atoms with E-state index >= 15 is 0 Å². The Morgan fingerprint density at radius 3 is 2.25 bits per heavy atom. The molecule has 1 rings (SSSR count). The second-order valence-corrected chi connectivity index (χ2v) is 2.88. The minimum absolute atomic E-state index is 0.0458. The monoisotopic (exact) mass is 229 g/mol. The zero-order valence-electron chi connectivity index (χ0n) is 9.17. The minimum Gasteiger partial charge on any atom is -0.492 e. The number of carbonyl (C=O) groups excluding carboxylic acids is 1. The molecule has 0 atom stereocenters. The standard InChI is InChI=1S/C10H12FNO4/c1-14-8-6(12)4-5(11)7(9(8)15-2)10(13)16-3/h4H,12H2,1-3H3. The van der Waals surface area contributed by atoms with Crippen LogP contribution in [0.4, 0.5) is 10.1 Å². The highest BCUT2D eigenvalue weighted by molar-refractivity contribution is 5.95. The first kappa shape index (κ1) is 12.1. The summed E-state index contributed by atoms with van der Waals surface area (Å²) in [4.78, 5) is 11.4. The Morgan fingerprint density at radius 1 is 1.25 bits per heavy atom. The van der Waals surface area contributed by atoms with E-state index in [0.717, 1.165) is 13.2 Å². The van der Waals surface area contributed by atoms with Gasteiger partial charge in [0, 0.05) is 6.07 Å². The molecule has 0 fully saturated rings. The second-order valence-electron chi connectivity index (χ2n) is 2.88. The SMILES string of the molecule is COC(=O)c1c(F)cc(N)c(OC)c1OC. The average Bonchev–Trinajstić information content (AvgIpc) is 2.27. The van der Waals surface area contributed by atoms with E-state index < -0.39 is 11.8 Å². The van der Waals surface area contributed by atoms with Crippen LogP contribution in [0.2, 0.25) is 0 Å². The molecule has 0 bridgehead atoms. The van der Waals surface area contributed by atoms with Crippen LogP contribution in [-0.2, 0) is 4.74 Å². The van der Waals surface area contributed by atoms with E-state index in [-0.39, 0.29) is 22.7 Å². The first-order valence-electron chi connectivity index (χ1n) is 4.35. The largest absolute Gasteiger partial charge is 0.492 e. The van der Waals surface area contributed by atoms with Crippen molar-refractivity contribution in [1.82, 2.24) is 0 Å². The van der Waals surface area contributed by atoms with Gasteiger partial charge in [-0.2, -0.15) is 0 Å². The highest BCUT2D eigenvalue weighted by atomic mass is 19.1. The number of hydrogen-bond donors (Lipinski definition) is 1. The number of nitrogens with two attached hydrogens (primary N) is 1. The van der Waals surface area contributed by atoms with Crippen LogP contribution in [0.5, 0.6) is 11.5 Å². The summed E-state index contributed by atoms with van der Waals surface area (Å²) in [5, 5.41) is 0. The molecule has 0 aromatic heterocycles. The van der Waals surface area contributed by atoms with Crippen molar-refractivity contribution < 1.29 is 23.4 Å². The van der Waals surface area contributed by atoms with Crippen molar-refractivity contribution in [2.75, 3.05) is 27.1 Å². The number of methoxy groups -OCH3 is 3. The molecule has 1 aromatic carbocycles. The fourth-order valence-corrected chi connectivity index (χ4v) is 1.32. The number of hydrogen-bond acceptors (Lipinski definition) is 5. The molecule has 0 amide bonds. The maximum atomic E-state index is 13.5. The third kappa shape index (κ3) is 1.86. The highest BCUT2D eigenvalue weighted by Gasteiger charge is 2.24. The van der Waals surface area contributed by atoms with Gasteiger partial charge in [0.2, 0.25) is 0 Å². The zero-order valence-corrected chi connectivity index (χ0v) is 9.17. The first-order chi connectivity index (χ1) is 7.56. The maximum Gasteiger partial charge on any atom is 0.344 e. The van der Waals surface area contributed by atoms with Gasteiger partial charge < -0.3 is 19.9 Å². The molecular formula is C10H12FNO4. The van der Waals surface area contributed by atoms with Crippen LogP contribution in [0.15, 0.2) is 6.07 Å². The molecule has 0 saturated carbocycles. The number of benzene rings is 1. The van der Waals surface area contributed by atoms with Gasteiger partial charge in [-0.3, -0.25) is 0 Å². The number of esters is 1. The number of nitrogen functional groups attached to an aromatic ring is 1. The molecule has 0 heterocycles. The third-order valence-electron chi connectivity index (χ3n) is 2.01. The second kappa shape index (κ2) is 4.69. The molecule has 0 aliphatic heterocycles. The van der Waals surface area contributed by atoms with E-state index in [2.05, 4.69) is 4.74 Å². The van der Waals surface area contributed by atoms with Crippen LogP contribution < -0.4 is 15.2 Å². The fourth-order valence-electron chi connectivity index (χ4n) is 1.32. The number of rotatable bonds is 3. The van der Waals surface area contributed by atoms with Gasteiger partial charge in [0.25, 0.3) is 0 Å². The molecule has 0 spiro atoms. The summed E-state index contributed by atoms with van der Waals surface area (Å²) in [6.07, 6.45) is 0. The van der Waals surface area contributed by atoms with Crippen molar-refractivity contribution in [3.05, 3.63) is 17.4 Å². The molecule has 0 unspecified atom stereocenters. The predicted octanol–water partition coefficient (Wildman–Crippen LogP) is 1.21. The van der Waals surface area contributed by atoms with Gasteiger partial charge in [-0.15, -0.1) is 0 Å². The molecule has 0 radical (unpaired) electrons. The Morgan fingerprint density at radius 2 is 1.81 bits per heavy atom. The van der Waals surface area contributed by atoms with Gasteiger partial charge in [-0.1, -0.05) is 0 Å². The van der Waals surface area contributed by atoms with Crippen molar-refractivity contribution in [3.8, 4) is 11.5 Å². The number of carbonyl (C=O) groups is 1. The number of anilines is 1. The van der Waals surface area contributed by atoms with Crippen molar-refractivity contribution >= 4 is 11.7 Å². The Bertz CT molecular complexity index is 420. The quantitative estimate of drug-likeness (QED) is 0.623. The van der Waals surface area contributed by atoms with Gasteiger partial charge in [-0.05, 0) is 0 Å². The molecule has 88 valence electrons. The molecule has 0 saturated heterocycles. The normalized spacial score (nSPS) is 9.75. The summed E-state index contributed by atoms with van der Waals surface area (Å²) in [6, 6.07) is 0.980. The van der Waals surface area contributed by atoms with Crippen LogP contribution in [0, 0.1) is 5.82 Å². The maximum absolute atomic E-state index is 13.5. The van der Waals surface area contributed by atoms with Crippen LogP contribution in [-0.4, -0.2) is 27.3 Å². The van der Waals surface area contributed by atoms with E-state index in [1.54, 1.807) is 0 Å². The lowest BCUT2D eigenvalue weighted by molar-refractivity contribution is 0.0591. The van der Waals surface area contributed by atoms with E-state index in [0.29, 0.717) is 0 Å². The summed E-state index contributed by atoms with van der Waals surface area (Å²) in [6.45, 7) is 0. The van der Waals surface area contributed by atoms with Crippen molar-refractivity contribution in [2.45, 2.75) is 0 Å². The average molecular weight is 229 g/mol. The van der Waals surface area contributed by atoms with Gasteiger partial charge in [0.1, 0.15) is 11.4 Å². The van der Waals surface area contributed by atoms with Crippen LogP contribution >= 0.6 is 0 Å². The summed E-state index contributed by atoms with van der Waals surface area (Å²) in [5.41, 5.74) is 5.23. The van der Waals surface area contributed by atoms with Gasteiger partial charge in [0.15, 0.2) is 11.5 Å². The van der Waals surface area contributed by atoms with Gasteiger partial charge in [-0.25, -0.2) is 9.18 Å². The van der Waals surface area contributed by atoms with Crippen LogP contribution in [0.1, 0.15) is 10.4 Å². The van der Waals surface area contributed by atoms with Gasteiger partial charge >= 0.3 is 5.97 Å². The molecule has 1 aromatic rings. The summed E-state index contributed by atoms with van der Waals surface area (Å²) in [7, 11) is 3.76. The van der Waals surface area contributed by atoms with E-state index in [4.69, 9.17) is 15.2 Å². The molecule has 0 aliphatic rings. The molecule has 16 heavy (non-hydrogen) atoms. The minimum atomic E-state index is -0.854. The highest BCUT2D eigenvalue weighted by Crippen LogP contribution is 2.38. The lowest BCUT2D eigenvalue weighted by atomic mass is 10.1. The van der Waals surface area contributed by atoms with E-state index in [9.17, 15) is 9.18 Å². The number of ether oxygens (including phenoxy) is 3. The Kier molecular flexibility index (Phi) is 3.55. The molecular weight excluding hydrogens is 217 g/mol. The van der Waals surface area contributed by atoms with E-state index in [1.165, 1.54) is 14.2 Å². The first-order valence-corrected chi connectivity index (χ1v) is 4.35. The van der Waals surface area contributed by atoms with Crippen molar-refractivity contribution in [1.29, 1.82) is 0 Å². The molecule has 6 heteroatoms. The Labute approximate surface area is 91.9 Å². The molecule has 2 N–H and O–H groups in total. The van der Waals surface area contributed by atoms with Crippen LogP contribution in [0.3, 0.4) is 0 Å².